The van der Waals surface area contributed by atoms with E-state index in [1.165, 1.54) is 19.5 Å². The molecular weight excluding hydrogens is 152 g/mol. The fraction of sp³-hybridized carbons (Fsp3) is 0.750. The fourth-order valence-electron chi connectivity index (χ4n) is 1.60. The smallest absolute Gasteiger partial charge is 0.228 e. The summed E-state index contributed by atoms with van der Waals surface area (Å²) in [6.07, 6.45) is 1.30. The van der Waals surface area contributed by atoms with E-state index in [-0.39, 0.29) is 0 Å². The number of hydrogen-bond acceptors (Lipinski definition) is 2. The Morgan fingerprint density at radius 3 is 2.00 bits per heavy atom. The third-order valence-electron chi connectivity index (χ3n) is 2.92. The van der Waals surface area contributed by atoms with Crippen molar-refractivity contribution in [3.63, 3.8) is 0 Å². The zero-order chi connectivity index (χ0) is 8.48. The molecule has 0 atom stereocenters. The van der Waals surface area contributed by atoms with E-state index >= 15 is 0 Å². The summed E-state index contributed by atoms with van der Waals surface area (Å²) >= 11 is 0. The molecule has 0 bridgehead atoms. The molecule has 1 rings (SSSR count). The van der Waals surface area contributed by atoms with Gasteiger partial charge in [0.2, 0.25) is 8.40 Å². The van der Waals surface area contributed by atoms with Crippen LogP contribution in [0, 0.1) is 0 Å². The highest BCUT2D eigenvalue weighted by atomic mass is 28.3. The SMILES string of the molecule is C=C[Si]1(C)N(C)CCCN1C. The predicted molar refractivity (Wildman–Crippen MR) is 51.7 cm³/mol. The molecule has 0 spiro atoms. The highest BCUT2D eigenvalue weighted by molar-refractivity contribution is 6.78. The van der Waals surface area contributed by atoms with Gasteiger partial charge in [-0.05, 0) is 40.2 Å². The molecule has 0 aromatic rings. The second kappa shape index (κ2) is 3.09. The largest absolute Gasteiger partial charge is 0.311 e. The minimum Gasteiger partial charge on any atom is -0.311 e. The van der Waals surface area contributed by atoms with Crippen molar-refractivity contribution in [3.05, 3.63) is 12.3 Å². The lowest BCUT2D eigenvalue weighted by Crippen LogP contribution is -2.63. The van der Waals surface area contributed by atoms with Crippen LogP contribution in [0.25, 0.3) is 0 Å². The van der Waals surface area contributed by atoms with E-state index in [2.05, 4.69) is 42.1 Å². The molecule has 1 aliphatic rings. The first-order valence-electron chi connectivity index (χ1n) is 4.17. The summed E-state index contributed by atoms with van der Waals surface area (Å²) in [6.45, 7) is 8.75. The van der Waals surface area contributed by atoms with Crippen LogP contribution in [0.5, 0.6) is 0 Å². The molecule has 0 aliphatic carbocycles. The minimum absolute atomic E-state index is 1.24. The van der Waals surface area contributed by atoms with Crippen LogP contribution in [0.4, 0.5) is 0 Å². The Bertz CT molecular complexity index is 148. The Morgan fingerprint density at radius 1 is 1.27 bits per heavy atom. The van der Waals surface area contributed by atoms with Gasteiger partial charge in [-0.15, -0.1) is 6.58 Å². The normalized spacial score (nSPS) is 26.8. The van der Waals surface area contributed by atoms with Crippen LogP contribution >= 0.6 is 0 Å². The predicted octanol–water partition coefficient (Wildman–Crippen LogP) is 1.05. The Hall–Kier alpha value is -0.123. The summed E-state index contributed by atoms with van der Waals surface area (Å²) in [5, 5.41) is 0. The van der Waals surface area contributed by atoms with Crippen LogP contribution in [0.1, 0.15) is 6.42 Å². The van der Waals surface area contributed by atoms with Gasteiger partial charge >= 0.3 is 0 Å². The van der Waals surface area contributed by atoms with E-state index in [9.17, 15) is 0 Å². The molecule has 2 nitrogen and oxygen atoms in total. The van der Waals surface area contributed by atoms with E-state index in [0.29, 0.717) is 0 Å². The lowest BCUT2D eigenvalue weighted by Gasteiger charge is -2.45. The molecule has 11 heavy (non-hydrogen) atoms. The third-order valence-corrected chi connectivity index (χ3v) is 7.23. The van der Waals surface area contributed by atoms with Gasteiger partial charge in [-0.3, -0.25) is 0 Å². The molecule has 0 aromatic carbocycles. The van der Waals surface area contributed by atoms with Crippen LogP contribution in [-0.4, -0.2) is 44.7 Å². The van der Waals surface area contributed by atoms with Gasteiger partial charge in [-0.2, -0.15) is 0 Å². The van der Waals surface area contributed by atoms with E-state index in [1.54, 1.807) is 0 Å². The molecule has 3 heteroatoms. The maximum absolute atomic E-state index is 3.94. The Kier molecular flexibility index (Phi) is 2.52. The van der Waals surface area contributed by atoms with Crippen molar-refractivity contribution in [3.8, 4) is 0 Å². The standard InChI is InChI=1S/C8H18N2Si/c1-5-11(4)9(2)7-6-8-10(11)3/h5H,1,6-8H2,2-4H3. The Balaban J connectivity index is 2.77. The molecule has 0 radical (unpaired) electrons. The van der Waals surface area contributed by atoms with Crippen LogP contribution in [-0.2, 0) is 0 Å². The van der Waals surface area contributed by atoms with Gasteiger partial charge in [0, 0.05) is 0 Å². The number of hydrogen-bond donors (Lipinski definition) is 0. The lowest BCUT2D eigenvalue weighted by atomic mass is 10.4. The highest BCUT2D eigenvalue weighted by Gasteiger charge is 2.36. The van der Waals surface area contributed by atoms with Gasteiger partial charge < -0.3 is 9.13 Å². The molecule has 0 aromatic heterocycles. The minimum atomic E-state index is -1.39. The van der Waals surface area contributed by atoms with Gasteiger partial charge in [0.15, 0.2) is 0 Å². The molecule has 0 unspecified atom stereocenters. The van der Waals surface area contributed by atoms with Crippen LogP contribution in [0.2, 0.25) is 6.55 Å². The molecule has 1 saturated heterocycles. The van der Waals surface area contributed by atoms with E-state index in [4.69, 9.17) is 0 Å². The summed E-state index contributed by atoms with van der Waals surface area (Å²) < 4.78 is 4.95. The first-order valence-corrected chi connectivity index (χ1v) is 6.64. The zero-order valence-corrected chi connectivity index (χ0v) is 8.80. The van der Waals surface area contributed by atoms with Gasteiger partial charge in [0.25, 0.3) is 0 Å². The quantitative estimate of drug-likeness (QED) is 0.543. The monoisotopic (exact) mass is 170 g/mol. The second-order valence-electron chi connectivity index (χ2n) is 3.49. The van der Waals surface area contributed by atoms with E-state index < -0.39 is 8.40 Å². The van der Waals surface area contributed by atoms with Gasteiger partial charge in [-0.1, -0.05) is 5.70 Å². The van der Waals surface area contributed by atoms with Crippen molar-refractivity contribution in [1.29, 1.82) is 0 Å². The topological polar surface area (TPSA) is 6.48 Å². The zero-order valence-electron chi connectivity index (χ0n) is 7.80. The van der Waals surface area contributed by atoms with Crippen LogP contribution < -0.4 is 0 Å². The van der Waals surface area contributed by atoms with Crippen molar-refractivity contribution < 1.29 is 0 Å². The van der Waals surface area contributed by atoms with Crippen molar-refractivity contribution in [2.75, 3.05) is 27.2 Å². The van der Waals surface area contributed by atoms with E-state index in [0.717, 1.165) is 0 Å². The summed E-state index contributed by atoms with van der Waals surface area (Å²) in [4.78, 5) is 0. The van der Waals surface area contributed by atoms with Crippen molar-refractivity contribution in [1.82, 2.24) is 9.13 Å². The summed E-state index contributed by atoms with van der Waals surface area (Å²) in [5.74, 6) is 0. The number of nitrogens with zero attached hydrogens (tertiary/aromatic N) is 2. The van der Waals surface area contributed by atoms with Crippen molar-refractivity contribution in [2.24, 2.45) is 0 Å². The van der Waals surface area contributed by atoms with Crippen LogP contribution in [0.3, 0.4) is 0 Å². The molecular formula is C8H18N2Si. The molecule has 0 N–H and O–H groups in total. The number of rotatable bonds is 1. The van der Waals surface area contributed by atoms with Gasteiger partial charge in [-0.25, -0.2) is 0 Å². The Labute approximate surface area is 70.7 Å². The third kappa shape index (κ3) is 1.41. The van der Waals surface area contributed by atoms with Gasteiger partial charge in [0.05, 0.1) is 0 Å². The Morgan fingerprint density at radius 2 is 1.73 bits per heavy atom. The van der Waals surface area contributed by atoms with Crippen molar-refractivity contribution in [2.45, 2.75) is 13.0 Å². The maximum Gasteiger partial charge on any atom is 0.228 e. The first-order chi connectivity index (χ1) is 5.11. The maximum atomic E-state index is 3.94. The first kappa shape index (κ1) is 8.97. The molecule has 64 valence electrons. The molecule has 1 fully saturated rings. The lowest BCUT2D eigenvalue weighted by molar-refractivity contribution is 0.332. The molecule has 0 amide bonds. The molecule has 1 heterocycles. The molecule has 1 aliphatic heterocycles. The molecule has 0 saturated carbocycles. The van der Waals surface area contributed by atoms with Crippen LogP contribution in [0.15, 0.2) is 12.3 Å². The fourth-order valence-corrected chi connectivity index (χ4v) is 4.03. The van der Waals surface area contributed by atoms with Crippen molar-refractivity contribution >= 4 is 8.40 Å². The summed E-state index contributed by atoms with van der Waals surface area (Å²) in [7, 11) is 3.04. The highest BCUT2D eigenvalue weighted by Crippen LogP contribution is 2.18. The summed E-state index contributed by atoms with van der Waals surface area (Å²) in [5.41, 5.74) is 2.16. The van der Waals surface area contributed by atoms with Gasteiger partial charge in [0.1, 0.15) is 0 Å². The average molecular weight is 170 g/mol. The van der Waals surface area contributed by atoms with E-state index in [1.807, 2.05) is 0 Å². The average Bonchev–Trinajstić information content (AvgIpc) is 2.00. The second-order valence-corrected chi connectivity index (χ2v) is 7.62. The summed E-state index contributed by atoms with van der Waals surface area (Å²) in [6, 6.07) is 0.